The quantitative estimate of drug-likeness (QED) is 0.489. The zero-order valence-corrected chi connectivity index (χ0v) is 13.8. The zero-order chi connectivity index (χ0) is 18.4. The second-order valence-electron chi connectivity index (χ2n) is 5.64. The fraction of sp³-hybridized carbons (Fsp3) is 0.0500. The Hall–Kier alpha value is -3.51. The molecule has 0 saturated carbocycles. The number of nitrogens with zero attached hydrogens (tertiary/aromatic N) is 1. The molecule has 130 valence electrons. The van der Waals surface area contributed by atoms with E-state index in [4.69, 9.17) is 5.21 Å². The van der Waals surface area contributed by atoms with Crippen molar-refractivity contribution in [1.82, 2.24) is 15.8 Å². The molecule has 6 heteroatoms. The lowest BCUT2D eigenvalue weighted by atomic mass is 10.0. The monoisotopic (exact) mass is 347 g/mol. The molecule has 0 unspecified atom stereocenters. The number of carbonyl (C=O) groups excluding carboxylic acids is 2. The summed E-state index contributed by atoms with van der Waals surface area (Å²) in [5, 5.41) is 11.5. The summed E-state index contributed by atoms with van der Waals surface area (Å²) in [6.45, 7) is 0.405. The van der Waals surface area contributed by atoms with Gasteiger partial charge in [0, 0.05) is 30.1 Å². The molecule has 0 saturated heterocycles. The van der Waals surface area contributed by atoms with Crippen LogP contribution < -0.4 is 10.8 Å². The van der Waals surface area contributed by atoms with Crippen molar-refractivity contribution in [3.63, 3.8) is 0 Å². The largest absolute Gasteiger partial charge is 0.348 e. The van der Waals surface area contributed by atoms with Gasteiger partial charge in [-0.2, -0.15) is 0 Å². The van der Waals surface area contributed by atoms with E-state index in [1.807, 2.05) is 24.3 Å². The Kier molecular flexibility index (Phi) is 5.36. The van der Waals surface area contributed by atoms with Gasteiger partial charge in [0.2, 0.25) is 0 Å². The molecule has 0 radical (unpaired) electrons. The van der Waals surface area contributed by atoms with E-state index in [1.165, 1.54) is 0 Å². The average molecular weight is 347 g/mol. The van der Waals surface area contributed by atoms with E-state index in [-0.39, 0.29) is 5.91 Å². The van der Waals surface area contributed by atoms with Crippen LogP contribution in [-0.4, -0.2) is 22.0 Å². The van der Waals surface area contributed by atoms with Gasteiger partial charge in [-0.3, -0.25) is 19.8 Å². The molecular weight excluding hydrogens is 330 g/mol. The number of rotatable bonds is 5. The topological polar surface area (TPSA) is 91.3 Å². The minimum Gasteiger partial charge on any atom is -0.348 e. The normalized spacial score (nSPS) is 10.2. The fourth-order valence-electron chi connectivity index (χ4n) is 2.51. The first-order chi connectivity index (χ1) is 12.7. The van der Waals surface area contributed by atoms with Crippen LogP contribution in [0, 0.1) is 0 Å². The van der Waals surface area contributed by atoms with Crippen molar-refractivity contribution in [2.24, 2.45) is 0 Å². The van der Waals surface area contributed by atoms with E-state index in [2.05, 4.69) is 10.3 Å². The SMILES string of the molecule is O=C(NO)c1ccc(-c2cccc(C(=O)NCc3cccnc3)c2)cc1. The first-order valence-corrected chi connectivity index (χ1v) is 7.99. The average Bonchev–Trinajstić information content (AvgIpc) is 2.72. The minimum atomic E-state index is -0.569. The number of carbonyl (C=O) groups is 2. The number of pyridine rings is 1. The van der Waals surface area contributed by atoms with Crippen molar-refractivity contribution in [2.75, 3.05) is 0 Å². The smallest absolute Gasteiger partial charge is 0.274 e. The van der Waals surface area contributed by atoms with Crippen LogP contribution in [0.2, 0.25) is 0 Å². The van der Waals surface area contributed by atoms with Crippen LogP contribution in [0.3, 0.4) is 0 Å². The van der Waals surface area contributed by atoms with E-state index >= 15 is 0 Å². The maximum atomic E-state index is 12.4. The molecule has 2 aromatic carbocycles. The Morgan fingerprint density at radius 2 is 1.69 bits per heavy atom. The third-order valence-corrected chi connectivity index (χ3v) is 3.88. The summed E-state index contributed by atoms with van der Waals surface area (Å²) >= 11 is 0. The van der Waals surface area contributed by atoms with Gasteiger partial charge in [0.15, 0.2) is 0 Å². The third-order valence-electron chi connectivity index (χ3n) is 3.88. The van der Waals surface area contributed by atoms with Crippen LogP contribution in [0.5, 0.6) is 0 Å². The van der Waals surface area contributed by atoms with Crippen LogP contribution in [0.25, 0.3) is 11.1 Å². The Labute approximate surface area is 150 Å². The van der Waals surface area contributed by atoms with Gasteiger partial charge in [-0.1, -0.05) is 30.3 Å². The molecular formula is C20H17N3O3. The van der Waals surface area contributed by atoms with Crippen molar-refractivity contribution in [1.29, 1.82) is 0 Å². The van der Waals surface area contributed by atoms with Crippen LogP contribution in [0.4, 0.5) is 0 Å². The molecule has 1 heterocycles. The molecule has 26 heavy (non-hydrogen) atoms. The van der Waals surface area contributed by atoms with Gasteiger partial charge in [0.25, 0.3) is 11.8 Å². The number of benzene rings is 2. The molecule has 0 aliphatic rings. The molecule has 0 fully saturated rings. The minimum absolute atomic E-state index is 0.174. The highest BCUT2D eigenvalue weighted by molar-refractivity contribution is 5.96. The molecule has 0 bridgehead atoms. The summed E-state index contributed by atoms with van der Waals surface area (Å²) < 4.78 is 0. The van der Waals surface area contributed by atoms with Gasteiger partial charge < -0.3 is 5.32 Å². The van der Waals surface area contributed by atoms with Gasteiger partial charge in [0.1, 0.15) is 0 Å². The molecule has 0 spiro atoms. The molecule has 0 aliphatic heterocycles. The maximum Gasteiger partial charge on any atom is 0.274 e. The highest BCUT2D eigenvalue weighted by Crippen LogP contribution is 2.21. The number of hydrogen-bond acceptors (Lipinski definition) is 4. The summed E-state index contributed by atoms with van der Waals surface area (Å²) in [4.78, 5) is 27.8. The van der Waals surface area contributed by atoms with Crippen molar-refractivity contribution >= 4 is 11.8 Å². The zero-order valence-electron chi connectivity index (χ0n) is 13.8. The van der Waals surface area contributed by atoms with Crippen molar-refractivity contribution in [2.45, 2.75) is 6.54 Å². The standard InChI is InChI=1S/C20H17N3O3/c24-19(22-13-14-3-2-10-21-12-14)18-5-1-4-17(11-18)15-6-8-16(9-7-15)20(25)23-26/h1-12,26H,13H2,(H,22,24)(H,23,25). The maximum absolute atomic E-state index is 12.4. The molecule has 1 aromatic heterocycles. The summed E-state index contributed by atoms with van der Waals surface area (Å²) in [7, 11) is 0. The predicted molar refractivity (Wildman–Crippen MR) is 96.5 cm³/mol. The van der Waals surface area contributed by atoms with Gasteiger partial charge in [0.05, 0.1) is 0 Å². The van der Waals surface area contributed by atoms with Gasteiger partial charge in [-0.15, -0.1) is 0 Å². The first kappa shape index (κ1) is 17.3. The number of amides is 2. The fourth-order valence-corrected chi connectivity index (χ4v) is 2.51. The Morgan fingerprint density at radius 1 is 0.885 bits per heavy atom. The van der Waals surface area contributed by atoms with Crippen LogP contribution >= 0.6 is 0 Å². The summed E-state index contributed by atoms with van der Waals surface area (Å²) in [6, 6.07) is 17.7. The molecule has 0 atom stereocenters. The van der Waals surface area contributed by atoms with Crippen molar-refractivity contribution in [3.8, 4) is 11.1 Å². The molecule has 6 nitrogen and oxygen atoms in total. The van der Waals surface area contributed by atoms with E-state index in [1.54, 1.807) is 54.3 Å². The first-order valence-electron chi connectivity index (χ1n) is 7.99. The number of hydroxylamine groups is 1. The summed E-state index contributed by atoms with van der Waals surface area (Å²) in [5.74, 6) is -0.743. The predicted octanol–water partition coefficient (Wildman–Crippen LogP) is 2.80. The molecule has 3 rings (SSSR count). The van der Waals surface area contributed by atoms with E-state index in [0.29, 0.717) is 17.7 Å². The summed E-state index contributed by atoms with van der Waals surface area (Å²) in [6.07, 6.45) is 3.39. The number of hydrogen-bond donors (Lipinski definition) is 3. The van der Waals surface area contributed by atoms with E-state index in [0.717, 1.165) is 16.7 Å². The lowest BCUT2D eigenvalue weighted by Crippen LogP contribution is -2.22. The van der Waals surface area contributed by atoms with Gasteiger partial charge >= 0.3 is 0 Å². The molecule has 3 N–H and O–H groups in total. The Balaban J connectivity index is 1.73. The van der Waals surface area contributed by atoms with Crippen molar-refractivity contribution in [3.05, 3.63) is 89.7 Å². The number of nitrogens with one attached hydrogen (secondary N) is 2. The highest BCUT2D eigenvalue weighted by Gasteiger charge is 2.08. The second kappa shape index (κ2) is 8.04. The van der Waals surface area contributed by atoms with Crippen molar-refractivity contribution < 1.29 is 14.8 Å². The lowest BCUT2D eigenvalue weighted by molar-refractivity contribution is 0.0706. The summed E-state index contributed by atoms with van der Waals surface area (Å²) in [5.41, 5.74) is 5.13. The Bertz CT molecular complexity index is 909. The molecule has 0 aliphatic carbocycles. The number of aromatic nitrogens is 1. The Morgan fingerprint density at radius 3 is 2.38 bits per heavy atom. The molecule has 3 aromatic rings. The van der Waals surface area contributed by atoms with Crippen LogP contribution in [-0.2, 0) is 6.54 Å². The van der Waals surface area contributed by atoms with Gasteiger partial charge in [-0.05, 0) is 47.0 Å². The van der Waals surface area contributed by atoms with E-state index in [9.17, 15) is 9.59 Å². The third kappa shape index (κ3) is 4.12. The van der Waals surface area contributed by atoms with Gasteiger partial charge in [-0.25, -0.2) is 5.48 Å². The molecule has 2 amide bonds. The van der Waals surface area contributed by atoms with E-state index < -0.39 is 5.91 Å². The van der Waals surface area contributed by atoms with Crippen LogP contribution in [0.1, 0.15) is 26.3 Å². The highest BCUT2D eigenvalue weighted by atomic mass is 16.5. The lowest BCUT2D eigenvalue weighted by Gasteiger charge is -2.08. The van der Waals surface area contributed by atoms with Crippen LogP contribution in [0.15, 0.2) is 73.1 Å². The second-order valence-corrected chi connectivity index (χ2v) is 5.64.